The first-order valence-corrected chi connectivity index (χ1v) is 16.2. The molecule has 1 atom stereocenters. The van der Waals surface area contributed by atoms with E-state index in [9.17, 15) is 23.2 Å². The fraction of sp³-hybridized carbons (Fsp3) is 0.412. The number of Topliss-reactive ketones (excluding diaryl/α,β-unsaturated/α-hetero) is 1. The first-order chi connectivity index (χ1) is 21.8. The van der Waals surface area contributed by atoms with Crippen molar-refractivity contribution in [1.29, 1.82) is 5.26 Å². The van der Waals surface area contributed by atoms with E-state index in [1.165, 1.54) is 29.5 Å². The number of aryl methyl sites for hydroxylation is 1. The van der Waals surface area contributed by atoms with Gasteiger partial charge in [-0.2, -0.15) is 18.4 Å². The van der Waals surface area contributed by atoms with Crippen LogP contribution in [0.5, 0.6) is 0 Å². The maximum Gasteiger partial charge on any atom is 0.413 e. The smallest absolute Gasteiger partial charge is 0.383 e. The predicted octanol–water partition coefficient (Wildman–Crippen LogP) is 7.74. The summed E-state index contributed by atoms with van der Waals surface area (Å²) >= 11 is 1.51. The van der Waals surface area contributed by atoms with Gasteiger partial charge in [0, 0.05) is 35.8 Å². The first-order valence-electron chi connectivity index (χ1n) is 15.3. The molecule has 6 rings (SSSR count). The lowest BCUT2D eigenvalue weighted by Gasteiger charge is -2.28. The molecule has 8 nitrogen and oxygen atoms in total. The Labute approximate surface area is 269 Å². The average molecular weight is 648 g/mol. The van der Waals surface area contributed by atoms with Crippen LogP contribution < -0.4 is 16.3 Å². The van der Waals surface area contributed by atoms with E-state index in [2.05, 4.69) is 53.1 Å². The van der Waals surface area contributed by atoms with Gasteiger partial charge in [0.05, 0.1) is 38.2 Å². The Morgan fingerprint density at radius 3 is 2.67 bits per heavy atom. The molecule has 0 bridgehead atoms. The number of nitrogens with zero attached hydrogens (tertiary/aromatic N) is 4. The Hall–Kier alpha value is -4.21. The van der Waals surface area contributed by atoms with E-state index in [1.807, 2.05) is 30.3 Å². The Morgan fingerprint density at radius 2 is 2.00 bits per heavy atom. The number of carbonyl (C=O) groups is 1. The molecule has 4 aromatic rings. The van der Waals surface area contributed by atoms with E-state index >= 15 is 0 Å². The van der Waals surface area contributed by atoms with Gasteiger partial charge in [-0.1, -0.05) is 32.9 Å². The van der Waals surface area contributed by atoms with Crippen LogP contribution in [0.15, 0.2) is 53.9 Å². The molecule has 240 valence electrons. The van der Waals surface area contributed by atoms with Crippen LogP contribution in [0, 0.1) is 16.7 Å². The lowest BCUT2D eigenvalue weighted by Crippen LogP contribution is -2.52. The number of nitriles is 1. The van der Waals surface area contributed by atoms with Crippen molar-refractivity contribution in [2.45, 2.75) is 77.4 Å². The number of hydrogen-bond donors (Lipinski definition) is 3. The second-order valence-electron chi connectivity index (χ2n) is 13.4. The van der Waals surface area contributed by atoms with Crippen molar-refractivity contribution >= 4 is 43.9 Å². The molecule has 1 aliphatic heterocycles. The molecule has 12 heteroatoms. The van der Waals surface area contributed by atoms with Crippen molar-refractivity contribution < 1.29 is 18.0 Å². The summed E-state index contributed by atoms with van der Waals surface area (Å²) in [6.07, 6.45) is 0.722. The van der Waals surface area contributed by atoms with Gasteiger partial charge in [0.25, 0.3) is 0 Å². The van der Waals surface area contributed by atoms with E-state index in [-0.39, 0.29) is 30.0 Å². The van der Waals surface area contributed by atoms with E-state index in [0.29, 0.717) is 53.8 Å². The standard InChI is InChI=1S/C34H36F3N7OS/c1-20(45)25-13-21(14-26-29(40-18-32(2,3)4)22(15-38)16-39-30(25)26)7-5-8-23(24-9-6-10-27-31(24)46-19-41-27)28-17-44(43-42-28)33(11-12-33)34(35,36)37/h6,9-10,13-14,16-17,19,23,42-43H,5,7-8,11-12,18H2,1-4H3,(H,39,40)/t23-/m0/s1. The predicted molar refractivity (Wildman–Crippen MR) is 174 cm³/mol. The summed E-state index contributed by atoms with van der Waals surface area (Å²) in [6.45, 7) is 8.43. The second-order valence-corrected chi connectivity index (χ2v) is 14.2. The number of thiazole rings is 1. The summed E-state index contributed by atoms with van der Waals surface area (Å²) in [5, 5.41) is 15.2. The highest BCUT2D eigenvalue weighted by Crippen LogP contribution is 2.54. The van der Waals surface area contributed by atoms with Crippen LogP contribution in [0.1, 0.15) is 86.3 Å². The lowest BCUT2D eigenvalue weighted by atomic mass is 9.89. The van der Waals surface area contributed by atoms with Gasteiger partial charge in [-0.05, 0) is 73.8 Å². The average Bonchev–Trinajstić information content (AvgIpc) is 3.44. The quantitative estimate of drug-likeness (QED) is 0.150. The van der Waals surface area contributed by atoms with Crippen LogP contribution in [0.3, 0.4) is 0 Å². The minimum Gasteiger partial charge on any atom is -0.383 e. The van der Waals surface area contributed by atoms with E-state index < -0.39 is 11.7 Å². The third kappa shape index (κ3) is 6.01. The number of aromatic nitrogens is 2. The summed E-state index contributed by atoms with van der Waals surface area (Å²) in [7, 11) is 0. The molecule has 46 heavy (non-hydrogen) atoms. The minimum atomic E-state index is -4.35. The van der Waals surface area contributed by atoms with E-state index in [4.69, 9.17) is 0 Å². The molecule has 1 saturated carbocycles. The zero-order chi connectivity index (χ0) is 32.9. The van der Waals surface area contributed by atoms with E-state index in [0.717, 1.165) is 26.7 Å². The van der Waals surface area contributed by atoms with Gasteiger partial charge in [0.1, 0.15) is 6.07 Å². The van der Waals surface area contributed by atoms with Crippen LogP contribution in [0.2, 0.25) is 0 Å². The Balaban J connectivity index is 1.33. The molecule has 0 unspecified atom stereocenters. The maximum atomic E-state index is 13.9. The lowest BCUT2D eigenvalue weighted by molar-refractivity contribution is -0.195. The van der Waals surface area contributed by atoms with Crippen molar-refractivity contribution in [1.82, 2.24) is 25.9 Å². The van der Waals surface area contributed by atoms with Crippen molar-refractivity contribution in [3.05, 3.63) is 76.2 Å². The molecule has 0 saturated heterocycles. The third-order valence-corrected chi connectivity index (χ3v) is 9.62. The zero-order valence-electron chi connectivity index (χ0n) is 26.2. The highest BCUT2D eigenvalue weighted by molar-refractivity contribution is 7.17. The molecule has 3 heterocycles. The molecule has 2 aromatic carbocycles. The van der Waals surface area contributed by atoms with Crippen molar-refractivity contribution in [3.63, 3.8) is 0 Å². The number of allylic oxidation sites excluding steroid dienone is 1. The molecule has 0 amide bonds. The van der Waals surface area contributed by atoms with Gasteiger partial charge in [0.2, 0.25) is 0 Å². The highest BCUT2D eigenvalue weighted by Gasteiger charge is 2.67. The van der Waals surface area contributed by atoms with Crippen molar-refractivity contribution in [3.8, 4) is 6.07 Å². The van der Waals surface area contributed by atoms with Gasteiger partial charge < -0.3 is 10.7 Å². The van der Waals surface area contributed by atoms with E-state index in [1.54, 1.807) is 11.7 Å². The third-order valence-electron chi connectivity index (χ3n) is 8.72. The number of carbonyl (C=O) groups excluding carboxylic acids is 1. The number of hydrogen-bond acceptors (Lipinski definition) is 9. The Bertz CT molecular complexity index is 1880. The van der Waals surface area contributed by atoms with Crippen LogP contribution in [0.4, 0.5) is 18.9 Å². The largest absolute Gasteiger partial charge is 0.413 e. The van der Waals surface area contributed by atoms with Gasteiger partial charge in [-0.15, -0.1) is 16.9 Å². The number of hydrazine groups is 2. The second kappa shape index (κ2) is 11.9. The molecular formula is C34H36F3N7OS. The summed E-state index contributed by atoms with van der Waals surface area (Å²) in [4.78, 5) is 21.7. The Kier molecular flexibility index (Phi) is 8.19. The molecule has 3 N–H and O–H groups in total. The highest BCUT2D eigenvalue weighted by atomic mass is 32.1. The number of alkyl halides is 3. The zero-order valence-corrected chi connectivity index (χ0v) is 27.0. The molecule has 1 aliphatic carbocycles. The van der Waals surface area contributed by atoms with Crippen LogP contribution >= 0.6 is 11.3 Å². The topological polar surface area (TPSA) is 106 Å². The van der Waals surface area contributed by atoms with Gasteiger partial charge in [0.15, 0.2) is 11.3 Å². The molecule has 1 fully saturated rings. The van der Waals surface area contributed by atoms with Crippen molar-refractivity contribution in [2.75, 3.05) is 11.9 Å². The van der Waals surface area contributed by atoms with Crippen LogP contribution in [-0.4, -0.2) is 39.0 Å². The van der Waals surface area contributed by atoms with Gasteiger partial charge >= 0.3 is 6.18 Å². The number of halogens is 3. The maximum absolute atomic E-state index is 13.9. The van der Waals surface area contributed by atoms with Crippen molar-refractivity contribution in [2.24, 2.45) is 5.41 Å². The molecule has 0 radical (unpaired) electrons. The fourth-order valence-corrected chi connectivity index (χ4v) is 6.95. The normalized spacial score (nSPS) is 16.7. The minimum absolute atomic E-state index is 0.0411. The molecule has 0 spiro atoms. The van der Waals surface area contributed by atoms with Gasteiger partial charge in [-0.25, -0.2) is 4.98 Å². The summed E-state index contributed by atoms with van der Waals surface area (Å²) in [5.74, 6) is -0.347. The fourth-order valence-electron chi connectivity index (χ4n) is 6.09. The summed E-state index contributed by atoms with van der Waals surface area (Å²) in [5.41, 5.74) is 11.2. The number of rotatable bonds is 10. The van der Waals surface area contributed by atoms with Gasteiger partial charge in [-0.3, -0.25) is 14.8 Å². The SMILES string of the molecule is CC(=O)c1cc(CCC[C@H](C2=CN(C3(C(F)(F)F)CC3)NN2)c2cccc3ncsc23)cc2c(NCC(C)(C)C)c(C#N)cnc12. The number of pyridine rings is 1. The van der Waals surface area contributed by atoms with Crippen LogP contribution in [-0.2, 0) is 6.42 Å². The number of fused-ring (bicyclic) bond motifs is 2. The first kappa shape index (κ1) is 31.8. The summed E-state index contributed by atoms with van der Waals surface area (Å²) in [6, 6.07) is 12.0. The summed E-state index contributed by atoms with van der Waals surface area (Å²) < 4.78 is 42.8. The molecule has 2 aromatic heterocycles. The number of nitrogens with one attached hydrogen (secondary N) is 3. The Morgan fingerprint density at radius 1 is 1.22 bits per heavy atom. The van der Waals surface area contributed by atoms with Crippen LogP contribution in [0.25, 0.3) is 21.1 Å². The molecule has 2 aliphatic rings. The monoisotopic (exact) mass is 647 g/mol. The number of anilines is 1. The molecular weight excluding hydrogens is 611 g/mol. The number of benzene rings is 2. The number of ketones is 1.